The van der Waals surface area contributed by atoms with Gasteiger partial charge in [-0.2, -0.15) is 0 Å². The lowest BCUT2D eigenvalue weighted by Gasteiger charge is -2.27. The van der Waals surface area contributed by atoms with Crippen LogP contribution in [0.1, 0.15) is 41.8 Å². The van der Waals surface area contributed by atoms with Crippen LogP contribution in [0.2, 0.25) is 0 Å². The van der Waals surface area contributed by atoms with E-state index in [1.807, 2.05) is 29.6 Å². The summed E-state index contributed by atoms with van der Waals surface area (Å²) in [6.45, 7) is 1.60. The van der Waals surface area contributed by atoms with Crippen LogP contribution in [0.25, 0.3) is 6.08 Å². The fraction of sp³-hybridized carbons (Fsp3) is 0.300. The minimum atomic E-state index is -0.824. The zero-order chi connectivity index (χ0) is 17.6. The van der Waals surface area contributed by atoms with Crippen LogP contribution in [0.5, 0.6) is 0 Å². The first-order valence-corrected chi connectivity index (χ1v) is 9.32. The largest absolute Gasteiger partial charge is 0.449 e. The van der Waals surface area contributed by atoms with Crippen molar-refractivity contribution < 1.29 is 14.3 Å². The van der Waals surface area contributed by atoms with Gasteiger partial charge in [0.25, 0.3) is 5.91 Å². The lowest BCUT2D eigenvalue weighted by atomic mass is 9.87. The van der Waals surface area contributed by atoms with Gasteiger partial charge in [-0.3, -0.25) is 4.79 Å². The molecule has 0 saturated heterocycles. The number of esters is 1. The van der Waals surface area contributed by atoms with E-state index in [0.29, 0.717) is 0 Å². The number of ether oxygens (including phenoxy) is 1. The zero-order valence-corrected chi connectivity index (χ0v) is 14.9. The normalized spacial score (nSPS) is 17.7. The third-order valence-electron chi connectivity index (χ3n) is 4.27. The van der Waals surface area contributed by atoms with Crippen molar-refractivity contribution in [3.63, 3.8) is 0 Å². The molecule has 0 fully saturated rings. The summed E-state index contributed by atoms with van der Waals surface area (Å²) in [6.07, 6.45) is 5.21. The summed E-state index contributed by atoms with van der Waals surface area (Å²) in [7, 11) is 0. The van der Waals surface area contributed by atoms with E-state index in [2.05, 4.69) is 17.4 Å². The summed E-state index contributed by atoms with van der Waals surface area (Å²) in [5.74, 6) is -0.778. The van der Waals surface area contributed by atoms with Gasteiger partial charge in [0.1, 0.15) is 0 Å². The maximum atomic E-state index is 12.4. The second-order valence-electron chi connectivity index (χ2n) is 6.08. The van der Waals surface area contributed by atoms with Crippen molar-refractivity contribution in [3.8, 4) is 0 Å². The predicted octanol–water partition coefficient (Wildman–Crippen LogP) is 3.89. The molecule has 5 heteroatoms. The SMILES string of the molecule is C[C@H](OC(=O)/C=C/c1cccs1)C(=O)N[C@H]1CCCc2ccccc21. The van der Waals surface area contributed by atoms with E-state index in [0.717, 1.165) is 24.1 Å². The zero-order valence-electron chi connectivity index (χ0n) is 14.1. The van der Waals surface area contributed by atoms with Gasteiger partial charge in [0.15, 0.2) is 6.10 Å². The summed E-state index contributed by atoms with van der Waals surface area (Å²) in [6, 6.07) is 12.0. The number of amides is 1. The van der Waals surface area contributed by atoms with Crippen molar-refractivity contribution in [2.75, 3.05) is 0 Å². The number of thiophene rings is 1. The van der Waals surface area contributed by atoms with Crippen LogP contribution >= 0.6 is 11.3 Å². The molecule has 0 spiro atoms. The van der Waals surface area contributed by atoms with Gasteiger partial charge in [-0.15, -0.1) is 11.3 Å². The van der Waals surface area contributed by atoms with Gasteiger partial charge in [0, 0.05) is 11.0 Å². The van der Waals surface area contributed by atoms with Gasteiger partial charge in [0.05, 0.1) is 6.04 Å². The molecule has 1 aromatic carbocycles. The van der Waals surface area contributed by atoms with Crippen molar-refractivity contribution in [1.82, 2.24) is 5.32 Å². The first-order chi connectivity index (χ1) is 12.1. The highest BCUT2D eigenvalue weighted by molar-refractivity contribution is 7.10. The molecule has 0 aliphatic heterocycles. The number of rotatable bonds is 5. The van der Waals surface area contributed by atoms with E-state index < -0.39 is 12.1 Å². The predicted molar refractivity (Wildman–Crippen MR) is 99.2 cm³/mol. The monoisotopic (exact) mass is 355 g/mol. The molecule has 0 saturated carbocycles. The third-order valence-corrected chi connectivity index (χ3v) is 5.11. The molecule has 1 amide bonds. The molecular weight excluding hydrogens is 334 g/mol. The number of nitrogens with one attached hydrogen (secondary N) is 1. The molecule has 1 aromatic heterocycles. The Kier molecular flexibility index (Phi) is 5.66. The average Bonchev–Trinajstić information content (AvgIpc) is 3.14. The van der Waals surface area contributed by atoms with Crippen LogP contribution in [0.15, 0.2) is 47.9 Å². The first kappa shape index (κ1) is 17.4. The average molecular weight is 355 g/mol. The summed E-state index contributed by atoms with van der Waals surface area (Å²) in [5, 5.41) is 4.95. The van der Waals surface area contributed by atoms with Crippen LogP contribution in [0.4, 0.5) is 0 Å². The molecule has 4 nitrogen and oxygen atoms in total. The minimum absolute atomic E-state index is 0.0136. The Bertz CT molecular complexity index is 767. The van der Waals surface area contributed by atoms with Crippen molar-refractivity contribution in [3.05, 3.63) is 63.9 Å². The maximum absolute atomic E-state index is 12.4. The molecular formula is C20H21NO3S. The second kappa shape index (κ2) is 8.12. The van der Waals surface area contributed by atoms with Gasteiger partial charge in [-0.25, -0.2) is 4.79 Å². The van der Waals surface area contributed by atoms with E-state index in [-0.39, 0.29) is 11.9 Å². The minimum Gasteiger partial charge on any atom is -0.449 e. The Morgan fingerprint density at radius 3 is 2.92 bits per heavy atom. The third kappa shape index (κ3) is 4.57. The molecule has 3 rings (SSSR count). The quantitative estimate of drug-likeness (QED) is 0.654. The Morgan fingerprint density at radius 1 is 1.28 bits per heavy atom. The van der Waals surface area contributed by atoms with E-state index in [1.165, 1.54) is 28.5 Å². The van der Waals surface area contributed by atoms with Gasteiger partial charge in [-0.05, 0) is 54.8 Å². The fourth-order valence-corrected chi connectivity index (χ4v) is 3.61. The highest BCUT2D eigenvalue weighted by atomic mass is 32.1. The number of hydrogen-bond acceptors (Lipinski definition) is 4. The van der Waals surface area contributed by atoms with Crippen LogP contribution in [0, 0.1) is 0 Å². The molecule has 1 heterocycles. The molecule has 130 valence electrons. The van der Waals surface area contributed by atoms with E-state index in [4.69, 9.17) is 4.74 Å². The number of carbonyl (C=O) groups is 2. The van der Waals surface area contributed by atoms with Crippen LogP contribution in [0.3, 0.4) is 0 Å². The molecule has 2 atom stereocenters. The molecule has 1 N–H and O–H groups in total. The number of aryl methyl sites for hydroxylation is 1. The Morgan fingerprint density at radius 2 is 2.12 bits per heavy atom. The summed E-state index contributed by atoms with van der Waals surface area (Å²) < 4.78 is 5.21. The standard InChI is InChI=1S/C20H21NO3S/c1-14(24-19(22)12-11-16-8-5-13-25-16)20(23)21-18-10-4-7-15-6-2-3-9-17(15)18/h2-3,5-6,8-9,11-14,18H,4,7,10H2,1H3,(H,21,23)/b12-11+/t14-,18-/m0/s1. The van der Waals surface area contributed by atoms with Gasteiger partial charge < -0.3 is 10.1 Å². The van der Waals surface area contributed by atoms with Gasteiger partial charge in [0.2, 0.25) is 0 Å². The highest BCUT2D eigenvalue weighted by Crippen LogP contribution is 2.29. The topological polar surface area (TPSA) is 55.4 Å². The maximum Gasteiger partial charge on any atom is 0.331 e. The lowest BCUT2D eigenvalue weighted by Crippen LogP contribution is -2.39. The number of benzene rings is 1. The summed E-state index contributed by atoms with van der Waals surface area (Å²) in [5.41, 5.74) is 2.45. The summed E-state index contributed by atoms with van der Waals surface area (Å²) >= 11 is 1.53. The Balaban J connectivity index is 1.55. The summed E-state index contributed by atoms with van der Waals surface area (Å²) in [4.78, 5) is 25.2. The fourth-order valence-electron chi connectivity index (χ4n) is 3.00. The number of hydrogen-bond donors (Lipinski definition) is 1. The lowest BCUT2D eigenvalue weighted by molar-refractivity contribution is -0.150. The van der Waals surface area contributed by atoms with Crippen molar-refractivity contribution in [2.24, 2.45) is 0 Å². The first-order valence-electron chi connectivity index (χ1n) is 8.44. The smallest absolute Gasteiger partial charge is 0.331 e. The van der Waals surface area contributed by atoms with Crippen molar-refractivity contribution in [2.45, 2.75) is 38.3 Å². The van der Waals surface area contributed by atoms with E-state index in [9.17, 15) is 9.59 Å². The molecule has 25 heavy (non-hydrogen) atoms. The van der Waals surface area contributed by atoms with Crippen molar-refractivity contribution >= 4 is 29.3 Å². The molecule has 1 aliphatic carbocycles. The molecule has 2 aromatic rings. The number of carbonyl (C=O) groups excluding carboxylic acids is 2. The van der Waals surface area contributed by atoms with Gasteiger partial charge in [-0.1, -0.05) is 30.3 Å². The number of fused-ring (bicyclic) bond motifs is 1. The molecule has 0 unspecified atom stereocenters. The van der Waals surface area contributed by atoms with Crippen LogP contribution in [-0.2, 0) is 20.7 Å². The van der Waals surface area contributed by atoms with Crippen LogP contribution < -0.4 is 5.32 Å². The second-order valence-corrected chi connectivity index (χ2v) is 7.06. The van der Waals surface area contributed by atoms with E-state index >= 15 is 0 Å². The highest BCUT2D eigenvalue weighted by Gasteiger charge is 2.24. The Labute approximate surface area is 151 Å². The van der Waals surface area contributed by atoms with Crippen molar-refractivity contribution in [1.29, 1.82) is 0 Å². The van der Waals surface area contributed by atoms with Crippen LogP contribution in [-0.4, -0.2) is 18.0 Å². The Hall–Kier alpha value is -2.40. The van der Waals surface area contributed by atoms with Gasteiger partial charge >= 0.3 is 5.97 Å². The molecule has 0 bridgehead atoms. The molecule has 1 aliphatic rings. The molecule has 0 radical (unpaired) electrons. The van der Waals surface area contributed by atoms with E-state index in [1.54, 1.807) is 13.0 Å².